The van der Waals surface area contributed by atoms with E-state index in [4.69, 9.17) is 4.74 Å². The summed E-state index contributed by atoms with van der Waals surface area (Å²) in [4.78, 5) is 16.8. The van der Waals surface area contributed by atoms with E-state index in [0.29, 0.717) is 12.2 Å². The SMILES string of the molecule is CCCc1cc2c(cn1)OC1(CCNCC1)CC2=O.Cl.Cl. The Labute approximate surface area is 137 Å². The van der Waals surface area contributed by atoms with Gasteiger partial charge >= 0.3 is 0 Å². The zero-order chi connectivity index (χ0) is 13.3. The molecule has 0 unspecified atom stereocenters. The topological polar surface area (TPSA) is 51.2 Å². The number of hydrogen-bond donors (Lipinski definition) is 1. The molecule has 0 amide bonds. The predicted octanol–water partition coefficient (Wildman–Crippen LogP) is 2.97. The van der Waals surface area contributed by atoms with E-state index >= 15 is 0 Å². The van der Waals surface area contributed by atoms with Crippen LogP contribution in [0.2, 0.25) is 0 Å². The van der Waals surface area contributed by atoms with Gasteiger partial charge in [0, 0.05) is 18.5 Å². The van der Waals surface area contributed by atoms with Gasteiger partial charge in [-0.15, -0.1) is 24.8 Å². The number of nitrogens with one attached hydrogen (secondary N) is 1. The number of pyridine rings is 1. The van der Waals surface area contributed by atoms with Crippen LogP contribution in [0, 0.1) is 0 Å². The van der Waals surface area contributed by atoms with Crippen LogP contribution < -0.4 is 10.1 Å². The molecule has 1 aromatic rings. The van der Waals surface area contributed by atoms with Gasteiger partial charge in [0.2, 0.25) is 0 Å². The van der Waals surface area contributed by atoms with Crippen LogP contribution in [0.1, 0.15) is 48.7 Å². The number of aromatic nitrogens is 1. The van der Waals surface area contributed by atoms with E-state index in [1.54, 1.807) is 6.20 Å². The minimum Gasteiger partial charge on any atom is -0.484 e. The lowest BCUT2D eigenvalue weighted by atomic mass is 9.83. The van der Waals surface area contributed by atoms with Crippen molar-refractivity contribution in [1.29, 1.82) is 0 Å². The average molecular weight is 333 g/mol. The largest absolute Gasteiger partial charge is 0.484 e. The fourth-order valence-electron chi connectivity index (χ4n) is 3.00. The van der Waals surface area contributed by atoms with E-state index in [2.05, 4.69) is 17.2 Å². The number of carbonyl (C=O) groups is 1. The highest BCUT2D eigenvalue weighted by atomic mass is 35.5. The molecule has 21 heavy (non-hydrogen) atoms. The number of carbonyl (C=O) groups excluding carboxylic acids is 1. The molecule has 1 aromatic heterocycles. The molecule has 0 aliphatic carbocycles. The van der Waals surface area contributed by atoms with Crippen LogP contribution in [0.15, 0.2) is 12.3 Å². The number of ether oxygens (including phenoxy) is 1. The van der Waals surface area contributed by atoms with E-state index in [1.165, 1.54) is 0 Å². The summed E-state index contributed by atoms with van der Waals surface area (Å²) in [6.07, 6.45) is 5.99. The maximum atomic E-state index is 12.4. The van der Waals surface area contributed by atoms with Crippen molar-refractivity contribution in [3.05, 3.63) is 23.5 Å². The number of hydrogen-bond acceptors (Lipinski definition) is 4. The van der Waals surface area contributed by atoms with Gasteiger partial charge in [0.1, 0.15) is 11.4 Å². The third kappa shape index (κ3) is 3.68. The summed E-state index contributed by atoms with van der Waals surface area (Å²) >= 11 is 0. The van der Waals surface area contributed by atoms with Gasteiger partial charge in [-0.1, -0.05) is 13.3 Å². The van der Waals surface area contributed by atoms with Gasteiger partial charge in [0.25, 0.3) is 0 Å². The zero-order valence-corrected chi connectivity index (χ0v) is 13.8. The molecule has 4 nitrogen and oxygen atoms in total. The first kappa shape index (κ1) is 18.2. The molecule has 3 heterocycles. The Morgan fingerprint density at radius 1 is 1.33 bits per heavy atom. The van der Waals surface area contributed by atoms with E-state index in [1.807, 2.05) is 6.07 Å². The third-order valence-electron chi connectivity index (χ3n) is 4.05. The Bertz CT molecular complexity index is 502. The molecule has 2 aliphatic rings. The van der Waals surface area contributed by atoms with Crippen LogP contribution in [0.25, 0.3) is 0 Å². The summed E-state index contributed by atoms with van der Waals surface area (Å²) in [7, 11) is 0. The Morgan fingerprint density at radius 2 is 2.05 bits per heavy atom. The smallest absolute Gasteiger partial charge is 0.170 e. The Balaban J connectivity index is 0.00000110. The van der Waals surface area contributed by atoms with Crippen LogP contribution in [0.4, 0.5) is 0 Å². The van der Waals surface area contributed by atoms with Gasteiger partial charge in [0.15, 0.2) is 5.78 Å². The van der Waals surface area contributed by atoms with Crippen molar-refractivity contribution >= 4 is 30.6 Å². The molecule has 0 saturated carbocycles. The molecule has 0 radical (unpaired) electrons. The van der Waals surface area contributed by atoms with Crippen molar-refractivity contribution in [2.24, 2.45) is 0 Å². The summed E-state index contributed by atoms with van der Waals surface area (Å²) in [5, 5.41) is 3.31. The van der Waals surface area contributed by atoms with Crippen LogP contribution in [0.3, 0.4) is 0 Å². The van der Waals surface area contributed by atoms with Gasteiger partial charge < -0.3 is 10.1 Å². The fourth-order valence-corrected chi connectivity index (χ4v) is 3.00. The summed E-state index contributed by atoms with van der Waals surface area (Å²) in [6, 6.07) is 1.91. The first-order valence-corrected chi connectivity index (χ1v) is 7.14. The predicted molar refractivity (Wildman–Crippen MR) is 87.1 cm³/mol. The van der Waals surface area contributed by atoms with Crippen LogP contribution >= 0.6 is 24.8 Å². The normalized spacial score (nSPS) is 19.0. The maximum absolute atomic E-state index is 12.4. The molecule has 0 aromatic carbocycles. The molecule has 6 heteroatoms. The highest BCUT2D eigenvalue weighted by molar-refractivity contribution is 6.00. The number of fused-ring (bicyclic) bond motifs is 1. The molecular formula is C15H22Cl2N2O2. The Kier molecular flexibility index (Phi) is 6.44. The van der Waals surface area contributed by atoms with E-state index in [9.17, 15) is 4.79 Å². The minimum atomic E-state index is -0.288. The number of aryl methyl sites for hydroxylation is 1. The van der Waals surface area contributed by atoms with Gasteiger partial charge in [-0.25, -0.2) is 0 Å². The van der Waals surface area contributed by atoms with Crippen molar-refractivity contribution in [3.63, 3.8) is 0 Å². The second-order valence-corrected chi connectivity index (χ2v) is 5.56. The zero-order valence-electron chi connectivity index (χ0n) is 12.2. The summed E-state index contributed by atoms with van der Waals surface area (Å²) < 4.78 is 6.14. The van der Waals surface area contributed by atoms with E-state index < -0.39 is 0 Å². The lowest BCUT2D eigenvalue weighted by Crippen LogP contribution is -2.49. The molecule has 2 aliphatic heterocycles. The molecule has 118 valence electrons. The summed E-state index contributed by atoms with van der Waals surface area (Å²) in [5.41, 5.74) is 1.42. The lowest BCUT2D eigenvalue weighted by molar-refractivity contribution is 0.0184. The maximum Gasteiger partial charge on any atom is 0.170 e. The number of ketones is 1. The minimum absolute atomic E-state index is 0. The number of piperidine rings is 1. The van der Waals surface area contributed by atoms with Gasteiger partial charge in [-0.3, -0.25) is 9.78 Å². The van der Waals surface area contributed by atoms with Crippen LogP contribution in [-0.4, -0.2) is 29.5 Å². The van der Waals surface area contributed by atoms with Crippen molar-refractivity contribution in [3.8, 4) is 5.75 Å². The van der Waals surface area contributed by atoms with Crippen LogP contribution in [-0.2, 0) is 6.42 Å². The second kappa shape index (κ2) is 7.43. The van der Waals surface area contributed by atoms with Crippen molar-refractivity contribution in [2.45, 2.75) is 44.6 Å². The van der Waals surface area contributed by atoms with Crippen LogP contribution in [0.5, 0.6) is 5.75 Å². The highest BCUT2D eigenvalue weighted by Crippen LogP contribution is 2.37. The molecule has 0 atom stereocenters. The fraction of sp³-hybridized carbons (Fsp3) is 0.600. The number of halogens is 2. The highest BCUT2D eigenvalue weighted by Gasteiger charge is 2.41. The van der Waals surface area contributed by atoms with Crippen molar-refractivity contribution < 1.29 is 9.53 Å². The number of Topliss-reactive ketones (excluding diaryl/α,β-unsaturated/α-hetero) is 1. The first-order chi connectivity index (χ1) is 9.22. The van der Waals surface area contributed by atoms with Crippen molar-refractivity contribution in [1.82, 2.24) is 10.3 Å². The van der Waals surface area contributed by atoms with Gasteiger partial charge in [-0.2, -0.15) is 0 Å². The third-order valence-corrected chi connectivity index (χ3v) is 4.05. The summed E-state index contributed by atoms with van der Waals surface area (Å²) in [6.45, 7) is 3.96. The second-order valence-electron chi connectivity index (χ2n) is 5.56. The molecule has 1 spiro atoms. The van der Waals surface area contributed by atoms with E-state index in [0.717, 1.165) is 50.0 Å². The van der Waals surface area contributed by atoms with E-state index in [-0.39, 0.29) is 36.2 Å². The molecular weight excluding hydrogens is 311 g/mol. The molecule has 0 bridgehead atoms. The van der Waals surface area contributed by atoms with Gasteiger partial charge in [0.05, 0.1) is 18.2 Å². The summed E-state index contributed by atoms with van der Waals surface area (Å²) in [5.74, 6) is 0.890. The molecule has 3 rings (SSSR count). The first-order valence-electron chi connectivity index (χ1n) is 7.14. The quantitative estimate of drug-likeness (QED) is 0.904. The molecule has 1 fully saturated rings. The Hall–Kier alpha value is -0.840. The molecule has 1 N–H and O–H groups in total. The number of rotatable bonds is 2. The van der Waals surface area contributed by atoms with Gasteiger partial charge in [-0.05, 0) is 25.6 Å². The standard InChI is InChI=1S/C15H20N2O2.2ClH/c1-2-3-11-8-12-13(18)9-15(4-6-16-7-5-15)19-14(12)10-17-11;;/h8,10,16H,2-7,9H2,1H3;2*1H. The lowest BCUT2D eigenvalue weighted by Gasteiger charge is -2.40. The average Bonchev–Trinajstić information content (AvgIpc) is 2.41. The molecule has 1 saturated heterocycles. The number of nitrogens with zero attached hydrogens (tertiary/aromatic N) is 1. The van der Waals surface area contributed by atoms with Crippen molar-refractivity contribution in [2.75, 3.05) is 13.1 Å². The monoisotopic (exact) mass is 332 g/mol. The Morgan fingerprint density at radius 3 is 2.71 bits per heavy atom.